The highest BCUT2D eigenvalue weighted by Crippen LogP contribution is 2.15. The normalized spacial score (nSPS) is 12.1. The zero-order valence-electron chi connectivity index (χ0n) is 37.4. The molecule has 1 unspecified atom stereocenters. The molecule has 0 saturated carbocycles. The van der Waals surface area contributed by atoms with Crippen molar-refractivity contribution < 1.29 is 28.6 Å². The average Bonchev–Trinajstić information content (AvgIpc) is 3.19. The lowest BCUT2D eigenvalue weighted by molar-refractivity contribution is -0.167. The first kappa shape index (κ1) is 53.9. The standard InChI is InChI=1S/C50H92O6/c1-4-7-10-13-15-17-19-20-21-22-23-24-25-26-27-28-29-30-31-33-34-37-40-43-49(52)55-46-47(45-54-48(51)42-39-36-12-9-6-3)56-50(53)44-41-38-35-32-18-16-14-11-8-5-2/h11,14,22-23,47H,4-10,12-13,15-21,24-46H2,1-3H3/b14-11-,23-22-. The second-order valence-electron chi connectivity index (χ2n) is 16.4. The number of unbranched alkanes of at least 4 members (excludes halogenated alkanes) is 29. The number of ether oxygens (including phenoxy) is 3. The van der Waals surface area contributed by atoms with E-state index in [0.29, 0.717) is 19.3 Å². The number of esters is 3. The van der Waals surface area contributed by atoms with E-state index in [-0.39, 0.29) is 31.1 Å². The lowest BCUT2D eigenvalue weighted by Gasteiger charge is -2.18. The van der Waals surface area contributed by atoms with E-state index in [2.05, 4.69) is 45.1 Å². The molecule has 0 spiro atoms. The molecular formula is C50H92O6. The molecule has 0 aromatic rings. The highest BCUT2D eigenvalue weighted by atomic mass is 16.6. The van der Waals surface area contributed by atoms with Gasteiger partial charge in [0.15, 0.2) is 6.10 Å². The van der Waals surface area contributed by atoms with Crippen LogP contribution in [0.3, 0.4) is 0 Å². The summed E-state index contributed by atoms with van der Waals surface area (Å²) in [6, 6.07) is 0. The van der Waals surface area contributed by atoms with E-state index in [4.69, 9.17) is 14.2 Å². The first-order valence-corrected chi connectivity index (χ1v) is 24.3. The van der Waals surface area contributed by atoms with Crippen molar-refractivity contribution in [1.29, 1.82) is 0 Å². The SMILES string of the molecule is CCC/C=C\CCCCCCCC(=O)OC(COC(=O)CCCCCCC)COC(=O)CCCCCCCCCCCCC/C=C\CCCCCCCCCC. The smallest absolute Gasteiger partial charge is 0.306 e. The van der Waals surface area contributed by atoms with Crippen LogP contribution in [-0.4, -0.2) is 37.2 Å². The van der Waals surface area contributed by atoms with Crippen molar-refractivity contribution >= 4 is 17.9 Å². The maximum Gasteiger partial charge on any atom is 0.306 e. The van der Waals surface area contributed by atoms with Crippen molar-refractivity contribution in [3.05, 3.63) is 24.3 Å². The fourth-order valence-corrected chi connectivity index (χ4v) is 6.97. The molecule has 56 heavy (non-hydrogen) atoms. The largest absolute Gasteiger partial charge is 0.462 e. The van der Waals surface area contributed by atoms with Crippen molar-refractivity contribution in [2.45, 2.75) is 264 Å². The lowest BCUT2D eigenvalue weighted by Crippen LogP contribution is -2.30. The van der Waals surface area contributed by atoms with Gasteiger partial charge in [-0.25, -0.2) is 0 Å². The van der Waals surface area contributed by atoms with E-state index in [0.717, 1.165) is 83.5 Å². The van der Waals surface area contributed by atoms with Crippen LogP contribution >= 0.6 is 0 Å². The Kier molecular flexibility index (Phi) is 43.9. The quantitative estimate of drug-likeness (QED) is 0.0265. The van der Waals surface area contributed by atoms with Crippen LogP contribution in [0.4, 0.5) is 0 Å². The summed E-state index contributed by atoms with van der Waals surface area (Å²) in [7, 11) is 0. The highest BCUT2D eigenvalue weighted by molar-refractivity contribution is 5.71. The Balaban J connectivity index is 4.03. The summed E-state index contributed by atoms with van der Waals surface area (Å²) in [6.07, 6.45) is 50.7. The molecule has 0 aliphatic carbocycles. The summed E-state index contributed by atoms with van der Waals surface area (Å²) < 4.78 is 16.6. The Morgan fingerprint density at radius 3 is 0.964 bits per heavy atom. The van der Waals surface area contributed by atoms with Gasteiger partial charge < -0.3 is 14.2 Å². The van der Waals surface area contributed by atoms with Crippen LogP contribution in [0.25, 0.3) is 0 Å². The minimum Gasteiger partial charge on any atom is -0.462 e. The number of allylic oxidation sites excluding steroid dienone is 4. The second kappa shape index (κ2) is 45.6. The van der Waals surface area contributed by atoms with Crippen LogP contribution in [-0.2, 0) is 28.6 Å². The molecule has 0 aromatic carbocycles. The molecule has 0 saturated heterocycles. The van der Waals surface area contributed by atoms with Gasteiger partial charge in [0, 0.05) is 19.3 Å². The van der Waals surface area contributed by atoms with E-state index >= 15 is 0 Å². The molecule has 6 nitrogen and oxygen atoms in total. The van der Waals surface area contributed by atoms with Gasteiger partial charge in [-0.15, -0.1) is 0 Å². The Bertz CT molecular complexity index is 911. The average molecular weight is 789 g/mol. The van der Waals surface area contributed by atoms with Crippen LogP contribution in [0.2, 0.25) is 0 Å². The maximum atomic E-state index is 12.6. The van der Waals surface area contributed by atoms with Crippen molar-refractivity contribution in [3.8, 4) is 0 Å². The van der Waals surface area contributed by atoms with E-state index in [1.165, 1.54) is 135 Å². The molecule has 0 N–H and O–H groups in total. The van der Waals surface area contributed by atoms with Gasteiger partial charge in [-0.3, -0.25) is 14.4 Å². The molecule has 0 aliphatic rings. The Morgan fingerprint density at radius 2 is 0.625 bits per heavy atom. The van der Waals surface area contributed by atoms with Gasteiger partial charge in [0.05, 0.1) is 0 Å². The van der Waals surface area contributed by atoms with Crippen LogP contribution in [0.15, 0.2) is 24.3 Å². The number of hydrogen-bond acceptors (Lipinski definition) is 6. The molecule has 0 amide bonds. The molecule has 0 aromatic heterocycles. The molecule has 1 atom stereocenters. The van der Waals surface area contributed by atoms with E-state index in [1.807, 2.05) is 0 Å². The monoisotopic (exact) mass is 789 g/mol. The molecular weight excluding hydrogens is 697 g/mol. The predicted molar refractivity (Wildman–Crippen MR) is 238 cm³/mol. The lowest BCUT2D eigenvalue weighted by atomic mass is 10.0. The summed E-state index contributed by atoms with van der Waals surface area (Å²) in [5.74, 6) is -0.894. The van der Waals surface area contributed by atoms with Crippen LogP contribution in [0.1, 0.15) is 258 Å². The predicted octanol–water partition coefficient (Wildman–Crippen LogP) is 15.6. The zero-order valence-corrected chi connectivity index (χ0v) is 37.4. The van der Waals surface area contributed by atoms with Gasteiger partial charge in [-0.2, -0.15) is 0 Å². The third-order valence-corrected chi connectivity index (χ3v) is 10.7. The first-order chi connectivity index (χ1) is 27.5. The molecule has 0 bridgehead atoms. The molecule has 0 fully saturated rings. The number of carbonyl (C=O) groups is 3. The molecule has 0 rings (SSSR count). The minimum atomic E-state index is -0.767. The van der Waals surface area contributed by atoms with Crippen LogP contribution < -0.4 is 0 Å². The van der Waals surface area contributed by atoms with Gasteiger partial charge in [0.25, 0.3) is 0 Å². The van der Waals surface area contributed by atoms with Gasteiger partial charge in [0.2, 0.25) is 0 Å². The third-order valence-electron chi connectivity index (χ3n) is 10.7. The van der Waals surface area contributed by atoms with Crippen molar-refractivity contribution in [3.63, 3.8) is 0 Å². The van der Waals surface area contributed by atoms with Gasteiger partial charge >= 0.3 is 17.9 Å². The van der Waals surface area contributed by atoms with Crippen molar-refractivity contribution in [1.82, 2.24) is 0 Å². The molecule has 0 aliphatic heterocycles. The van der Waals surface area contributed by atoms with E-state index in [1.54, 1.807) is 0 Å². The second-order valence-corrected chi connectivity index (χ2v) is 16.4. The van der Waals surface area contributed by atoms with E-state index < -0.39 is 6.10 Å². The Morgan fingerprint density at radius 1 is 0.339 bits per heavy atom. The minimum absolute atomic E-state index is 0.0735. The number of rotatable bonds is 44. The molecule has 6 heteroatoms. The Hall–Kier alpha value is -2.11. The molecule has 328 valence electrons. The fraction of sp³-hybridized carbons (Fsp3) is 0.860. The zero-order chi connectivity index (χ0) is 40.8. The van der Waals surface area contributed by atoms with Crippen molar-refractivity contribution in [2.24, 2.45) is 0 Å². The first-order valence-electron chi connectivity index (χ1n) is 24.3. The summed E-state index contributed by atoms with van der Waals surface area (Å²) in [5, 5.41) is 0. The van der Waals surface area contributed by atoms with Crippen molar-refractivity contribution in [2.75, 3.05) is 13.2 Å². The summed E-state index contributed by atoms with van der Waals surface area (Å²) in [6.45, 7) is 6.49. The van der Waals surface area contributed by atoms with Crippen LogP contribution in [0.5, 0.6) is 0 Å². The maximum absolute atomic E-state index is 12.6. The topological polar surface area (TPSA) is 78.9 Å². The van der Waals surface area contributed by atoms with Gasteiger partial charge in [-0.1, -0.05) is 199 Å². The number of hydrogen-bond donors (Lipinski definition) is 0. The van der Waals surface area contributed by atoms with Gasteiger partial charge in [-0.05, 0) is 64.2 Å². The number of carbonyl (C=O) groups excluding carboxylic acids is 3. The van der Waals surface area contributed by atoms with E-state index in [9.17, 15) is 14.4 Å². The van der Waals surface area contributed by atoms with Gasteiger partial charge in [0.1, 0.15) is 13.2 Å². The third kappa shape index (κ3) is 43.0. The fourth-order valence-electron chi connectivity index (χ4n) is 6.97. The molecule has 0 radical (unpaired) electrons. The summed E-state index contributed by atoms with van der Waals surface area (Å²) in [4.78, 5) is 37.4. The highest BCUT2D eigenvalue weighted by Gasteiger charge is 2.19. The van der Waals surface area contributed by atoms with Crippen LogP contribution in [0, 0.1) is 0 Å². The summed E-state index contributed by atoms with van der Waals surface area (Å²) >= 11 is 0. The molecule has 0 heterocycles. The summed E-state index contributed by atoms with van der Waals surface area (Å²) in [5.41, 5.74) is 0. The Labute approximate surface area is 347 Å².